The quantitative estimate of drug-likeness (QED) is 0.699. The molecule has 0 aliphatic carbocycles. The summed E-state index contributed by atoms with van der Waals surface area (Å²) in [5.74, 6) is -0.0799. The zero-order valence-electron chi connectivity index (χ0n) is 13.1. The van der Waals surface area contributed by atoms with Crippen LogP contribution in [0.15, 0.2) is 41.2 Å². The zero-order valence-corrected chi connectivity index (χ0v) is 13.1. The van der Waals surface area contributed by atoms with Gasteiger partial charge >= 0.3 is 0 Å². The summed E-state index contributed by atoms with van der Waals surface area (Å²) in [5.41, 5.74) is 9.09. The first-order valence-electron chi connectivity index (χ1n) is 7.94. The molecule has 0 spiro atoms. The third kappa shape index (κ3) is 3.35. The van der Waals surface area contributed by atoms with Crippen molar-refractivity contribution in [3.63, 3.8) is 0 Å². The fourth-order valence-electron chi connectivity index (χ4n) is 2.95. The average molecular weight is 311 g/mol. The van der Waals surface area contributed by atoms with E-state index in [0.717, 1.165) is 41.8 Å². The topological polar surface area (TPSA) is 88.0 Å². The van der Waals surface area contributed by atoms with Gasteiger partial charge in [0.1, 0.15) is 0 Å². The molecule has 3 rings (SSSR count). The van der Waals surface area contributed by atoms with Crippen LogP contribution in [0.5, 0.6) is 0 Å². The molecule has 2 heterocycles. The summed E-state index contributed by atoms with van der Waals surface area (Å²) in [7, 11) is 0. The normalized spacial score (nSPS) is 21.6. The highest BCUT2D eigenvalue weighted by Gasteiger charge is 2.18. The van der Waals surface area contributed by atoms with Crippen LogP contribution in [0.3, 0.4) is 0 Å². The highest BCUT2D eigenvalue weighted by molar-refractivity contribution is 5.96. The highest BCUT2D eigenvalue weighted by Crippen LogP contribution is 2.30. The van der Waals surface area contributed by atoms with Gasteiger partial charge in [-0.25, -0.2) is 0 Å². The number of para-hydroxylation sites is 1. The van der Waals surface area contributed by atoms with Gasteiger partial charge < -0.3 is 16.0 Å². The van der Waals surface area contributed by atoms with E-state index in [4.69, 9.17) is 5.73 Å². The second-order valence-electron chi connectivity index (χ2n) is 6.16. The van der Waals surface area contributed by atoms with E-state index < -0.39 is 0 Å². The minimum atomic E-state index is -0.232. The van der Waals surface area contributed by atoms with E-state index in [0.29, 0.717) is 0 Å². The summed E-state index contributed by atoms with van der Waals surface area (Å²) < 4.78 is 0. The third-order valence-electron chi connectivity index (χ3n) is 4.36. The molecular formula is C18H21N3O2. The van der Waals surface area contributed by atoms with Gasteiger partial charge in [0.15, 0.2) is 0 Å². The Morgan fingerprint density at radius 1 is 1.13 bits per heavy atom. The maximum absolute atomic E-state index is 12.4. The lowest BCUT2D eigenvalue weighted by Crippen LogP contribution is -2.23. The van der Waals surface area contributed by atoms with Gasteiger partial charge in [-0.1, -0.05) is 31.5 Å². The van der Waals surface area contributed by atoms with Crippen LogP contribution in [0.1, 0.15) is 37.9 Å². The summed E-state index contributed by atoms with van der Waals surface area (Å²) in [6.45, 7) is 1.93. The first-order chi connectivity index (χ1) is 11.0. The zero-order chi connectivity index (χ0) is 16.4. The van der Waals surface area contributed by atoms with Gasteiger partial charge in [-0.3, -0.25) is 9.59 Å². The van der Waals surface area contributed by atoms with Crippen molar-refractivity contribution < 1.29 is 4.79 Å². The molecule has 5 heteroatoms. The maximum atomic E-state index is 12.4. The van der Waals surface area contributed by atoms with E-state index in [-0.39, 0.29) is 23.4 Å². The van der Waals surface area contributed by atoms with Crippen LogP contribution < -0.4 is 16.6 Å². The second kappa shape index (κ2) is 6.38. The van der Waals surface area contributed by atoms with Crippen molar-refractivity contribution in [1.29, 1.82) is 0 Å². The van der Waals surface area contributed by atoms with Crippen LogP contribution in [0, 0.1) is 5.92 Å². The molecule has 0 fully saturated rings. The van der Waals surface area contributed by atoms with E-state index in [1.165, 1.54) is 6.07 Å². The molecule has 1 aliphatic heterocycles. The Bertz CT molecular complexity index is 782. The number of benzene rings is 1. The van der Waals surface area contributed by atoms with Crippen molar-refractivity contribution in [2.45, 2.75) is 32.2 Å². The Morgan fingerprint density at radius 2 is 1.91 bits per heavy atom. The number of anilines is 1. The standard InChI is InChI=1S/C18H21N3O2/c1-11-5-4-7-14(19)16-9-12(10-17(22)20-16)13-6-2-3-8-15(13)21-18(11)23/h2-3,6,8-11,14H,4-5,7,19H2,1H3,(H,20,22)(H,21,23). The molecule has 1 aromatic carbocycles. The number of aromatic nitrogens is 1. The van der Waals surface area contributed by atoms with Crippen molar-refractivity contribution in [3.05, 3.63) is 52.4 Å². The van der Waals surface area contributed by atoms with E-state index in [9.17, 15) is 9.59 Å². The summed E-state index contributed by atoms with van der Waals surface area (Å²) in [6, 6.07) is 10.7. The van der Waals surface area contributed by atoms with E-state index in [1.807, 2.05) is 37.3 Å². The summed E-state index contributed by atoms with van der Waals surface area (Å²) in [5, 5.41) is 2.99. The van der Waals surface area contributed by atoms with Gasteiger partial charge in [0.2, 0.25) is 11.5 Å². The fraction of sp³-hybridized carbons (Fsp3) is 0.333. The van der Waals surface area contributed by atoms with Crippen LogP contribution >= 0.6 is 0 Å². The monoisotopic (exact) mass is 311 g/mol. The lowest BCUT2D eigenvalue weighted by atomic mass is 9.96. The van der Waals surface area contributed by atoms with Gasteiger partial charge in [0.25, 0.3) is 0 Å². The molecule has 1 aliphatic rings. The van der Waals surface area contributed by atoms with Crippen molar-refractivity contribution in [2.75, 3.05) is 5.32 Å². The largest absolute Gasteiger partial charge is 0.325 e. The minimum Gasteiger partial charge on any atom is -0.325 e. The van der Waals surface area contributed by atoms with Crippen molar-refractivity contribution >= 4 is 11.6 Å². The molecule has 2 atom stereocenters. The first-order valence-corrected chi connectivity index (χ1v) is 7.94. The number of hydrogen-bond acceptors (Lipinski definition) is 3. The number of aromatic amines is 1. The number of H-pyrrole nitrogens is 1. The third-order valence-corrected chi connectivity index (χ3v) is 4.36. The van der Waals surface area contributed by atoms with E-state index >= 15 is 0 Å². The Labute approximate surface area is 134 Å². The SMILES string of the molecule is CC1CCCC(N)c2cc(cc(=O)[nH]2)-c2ccccc2NC1=O. The number of fused-ring (bicyclic) bond motifs is 4. The molecule has 0 saturated heterocycles. The second-order valence-corrected chi connectivity index (χ2v) is 6.16. The number of hydrogen-bond donors (Lipinski definition) is 3. The Kier molecular flexibility index (Phi) is 4.30. The number of nitrogens with one attached hydrogen (secondary N) is 2. The summed E-state index contributed by atoms with van der Waals surface area (Å²) >= 11 is 0. The molecule has 2 bridgehead atoms. The molecule has 120 valence electrons. The highest BCUT2D eigenvalue weighted by atomic mass is 16.1. The van der Waals surface area contributed by atoms with Crippen molar-refractivity contribution in [2.24, 2.45) is 11.7 Å². The van der Waals surface area contributed by atoms with E-state index in [2.05, 4.69) is 10.3 Å². The predicted octanol–water partition coefficient (Wildman–Crippen LogP) is 2.80. The minimum absolute atomic E-state index is 0.00309. The lowest BCUT2D eigenvalue weighted by molar-refractivity contribution is -0.119. The Morgan fingerprint density at radius 3 is 2.74 bits per heavy atom. The van der Waals surface area contributed by atoms with Crippen LogP contribution in [0.2, 0.25) is 0 Å². The Hall–Kier alpha value is -2.40. The molecule has 1 amide bonds. The fourth-order valence-corrected chi connectivity index (χ4v) is 2.95. The van der Waals surface area contributed by atoms with Crippen molar-refractivity contribution in [1.82, 2.24) is 4.98 Å². The molecule has 2 unspecified atom stereocenters. The van der Waals surface area contributed by atoms with Crippen LogP contribution in [-0.4, -0.2) is 10.9 Å². The molecule has 5 nitrogen and oxygen atoms in total. The van der Waals surface area contributed by atoms with Crippen LogP contribution in [0.25, 0.3) is 11.1 Å². The summed E-state index contributed by atoms with van der Waals surface area (Å²) in [4.78, 5) is 27.2. The molecule has 0 saturated carbocycles. The average Bonchev–Trinajstić information content (AvgIpc) is 2.53. The number of rotatable bonds is 0. The van der Waals surface area contributed by atoms with Crippen molar-refractivity contribution in [3.8, 4) is 11.1 Å². The van der Waals surface area contributed by atoms with Gasteiger partial charge in [-0.05, 0) is 30.5 Å². The lowest BCUT2D eigenvalue weighted by Gasteiger charge is -2.19. The number of carbonyl (C=O) groups is 1. The summed E-state index contributed by atoms with van der Waals surface area (Å²) in [6.07, 6.45) is 2.34. The van der Waals surface area contributed by atoms with Crippen LogP contribution in [-0.2, 0) is 4.79 Å². The predicted molar refractivity (Wildman–Crippen MR) is 91.1 cm³/mol. The maximum Gasteiger partial charge on any atom is 0.248 e. The molecule has 1 aromatic heterocycles. The molecule has 2 aromatic rings. The van der Waals surface area contributed by atoms with Gasteiger partial charge in [0.05, 0.1) is 0 Å². The molecule has 4 N–H and O–H groups in total. The number of carbonyl (C=O) groups excluding carboxylic acids is 1. The number of pyridine rings is 1. The van der Waals surface area contributed by atoms with Gasteiger partial charge in [0, 0.05) is 35.0 Å². The Balaban J connectivity index is 2.15. The molecule has 0 radical (unpaired) electrons. The molecule has 23 heavy (non-hydrogen) atoms. The van der Waals surface area contributed by atoms with Crippen LogP contribution in [0.4, 0.5) is 5.69 Å². The number of nitrogens with two attached hydrogens (primary N) is 1. The smallest absolute Gasteiger partial charge is 0.248 e. The first kappa shape index (κ1) is 15.5. The van der Waals surface area contributed by atoms with Gasteiger partial charge in [-0.15, -0.1) is 0 Å². The van der Waals surface area contributed by atoms with Gasteiger partial charge in [-0.2, -0.15) is 0 Å². The van der Waals surface area contributed by atoms with E-state index in [1.54, 1.807) is 0 Å². The molecular weight excluding hydrogens is 290 g/mol. The number of amides is 1.